The monoisotopic (exact) mass is 446 g/mol. The van der Waals surface area contributed by atoms with E-state index >= 15 is 0 Å². The molecular weight excluding hydrogens is 408 g/mol. The number of rotatable bonds is 10. The highest BCUT2D eigenvalue weighted by atomic mass is 16.5. The van der Waals surface area contributed by atoms with Gasteiger partial charge in [0.25, 0.3) is 5.91 Å². The predicted molar refractivity (Wildman–Crippen MR) is 123 cm³/mol. The fourth-order valence-electron chi connectivity index (χ4n) is 4.13. The van der Waals surface area contributed by atoms with Crippen LogP contribution in [0.3, 0.4) is 0 Å². The van der Waals surface area contributed by atoms with Gasteiger partial charge in [-0.2, -0.15) is 0 Å². The Hall–Kier alpha value is -2.51. The number of hydrogen-bond donors (Lipinski definition) is 0. The second-order valence-corrected chi connectivity index (χ2v) is 8.41. The minimum absolute atomic E-state index is 0.0875. The highest BCUT2D eigenvalue weighted by Crippen LogP contribution is 2.20. The van der Waals surface area contributed by atoms with Crippen LogP contribution in [-0.2, 0) is 16.0 Å². The van der Waals surface area contributed by atoms with E-state index in [4.69, 9.17) is 4.74 Å². The van der Waals surface area contributed by atoms with Crippen molar-refractivity contribution in [3.8, 4) is 0 Å². The number of ether oxygens (including phenoxy) is 1. The van der Waals surface area contributed by atoms with Gasteiger partial charge in [0, 0.05) is 32.1 Å². The maximum Gasteiger partial charge on any atom is 0.342 e. The quantitative estimate of drug-likeness (QED) is 0.403. The summed E-state index contributed by atoms with van der Waals surface area (Å²) in [7, 11) is 0. The Morgan fingerprint density at radius 3 is 2.41 bits per heavy atom. The van der Waals surface area contributed by atoms with Crippen molar-refractivity contribution in [2.24, 2.45) is 0 Å². The van der Waals surface area contributed by atoms with E-state index in [2.05, 4.69) is 16.9 Å². The minimum Gasteiger partial charge on any atom is -0.462 e. The SMILES string of the molecule is CCCCCCC(=O)N1CCN(C(=O)c2nc(C)nc(CCC)c2C(=O)OCC)CC1C. The van der Waals surface area contributed by atoms with E-state index in [1.165, 1.54) is 0 Å². The first kappa shape index (κ1) is 25.7. The number of nitrogens with zero attached hydrogens (tertiary/aromatic N) is 4. The Balaban J connectivity index is 2.18. The molecule has 1 fully saturated rings. The molecule has 1 aliphatic heterocycles. The highest BCUT2D eigenvalue weighted by Gasteiger charge is 2.33. The van der Waals surface area contributed by atoms with Gasteiger partial charge >= 0.3 is 5.97 Å². The summed E-state index contributed by atoms with van der Waals surface area (Å²) in [6.07, 6.45) is 6.16. The molecule has 2 amide bonds. The summed E-state index contributed by atoms with van der Waals surface area (Å²) in [5, 5.41) is 0. The van der Waals surface area contributed by atoms with Crippen molar-refractivity contribution in [3.63, 3.8) is 0 Å². The first-order valence-electron chi connectivity index (χ1n) is 12.0. The van der Waals surface area contributed by atoms with Crippen LogP contribution in [0.5, 0.6) is 0 Å². The molecule has 1 unspecified atom stereocenters. The van der Waals surface area contributed by atoms with Crippen LogP contribution in [0.15, 0.2) is 0 Å². The maximum atomic E-state index is 13.4. The minimum atomic E-state index is -0.562. The zero-order valence-corrected chi connectivity index (χ0v) is 20.3. The smallest absolute Gasteiger partial charge is 0.342 e. The van der Waals surface area contributed by atoms with Crippen molar-refractivity contribution >= 4 is 17.8 Å². The standard InChI is InChI=1S/C24H38N4O4/c1-6-9-10-11-13-20(29)28-15-14-27(16-17(28)4)23(30)22-21(24(31)32-8-3)19(12-7-2)25-18(5)26-22/h17H,6-16H2,1-5H3. The summed E-state index contributed by atoms with van der Waals surface area (Å²) >= 11 is 0. The van der Waals surface area contributed by atoms with E-state index in [1.54, 1.807) is 18.7 Å². The Bertz CT molecular complexity index is 811. The van der Waals surface area contributed by atoms with Crippen molar-refractivity contribution < 1.29 is 19.1 Å². The second-order valence-electron chi connectivity index (χ2n) is 8.41. The zero-order chi connectivity index (χ0) is 23.7. The molecule has 2 heterocycles. The molecule has 1 aliphatic rings. The molecule has 1 aromatic rings. The maximum absolute atomic E-state index is 13.4. The normalized spacial score (nSPS) is 16.2. The molecule has 8 heteroatoms. The zero-order valence-electron chi connectivity index (χ0n) is 20.3. The Morgan fingerprint density at radius 1 is 1.03 bits per heavy atom. The fourth-order valence-corrected chi connectivity index (χ4v) is 4.13. The highest BCUT2D eigenvalue weighted by molar-refractivity contribution is 6.04. The van der Waals surface area contributed by atoms with Gasteiger partial charge in [-0.3, -0.25) is 9.59 Å². The Morgan fingerprint density at radius 2 is 1.78 bits per heavy atom. The van der Waals surface area contributed by atoms with Gasteiger partial charge in [-0.25, -0.2) is 14.8 Å². The number of aryl methyl sites for hydroxylation is 2. The lowest BCUT2D eigenvalue weighted by Crippen LogP contribution is -2.55. The molecule has 0 saturated carbocycles. The molecule has 8 nitrogen and oxygen atoms in total. The third-order valence-electron chi connectivity index (χ3n) is 5.74. The number of amides is 2. The number of carbonyl (C=O) groups excluding carboxylic acids is 3. The van der Waals surface area contributed by atoms with Crippen molar-refractivity contribution in [1.82, 2.24) is 19.8 Å². The van der Waals surface area contributed by atoms with E-state index in [0.717, 1.165) is 32.1 Å². The summed E-state index contributed by atoms with van der Waals surface area (Å²) in [4.78, 5) is 51.1. The first-order valence-corrected chi connectivity index (χ1v) is 12.0. The number of piperazine rings is 1. The molecule has 1 atom stereocenters. The van der Waals surface area contributed by atoms with E-state index in [0.29, 0.717) is 44.0 Å². The third kappa shape index (κ3) is 6.50. The van der Waals surface area contributed by atoms with Crippen LogP contribution in [0, 0.1) is 6.92 Å². The molecule has 0 aromatic carbocycles. The summed E-state index contributed by atoms with van der Waals surface area (Å²) in [5.74, 6) is -0.263. The van der Waals surface area contributed by atoms with Crippen LogP contribution < -0.4 is 0 Å². The number of aromatic nitrogens is 2. The third-order valence-corrected chi connectivity index (χ3v) is 5.74. The molecular formula is C24H38N4O4. The number of unbranched alkanes of at least 4 members (excludes halogenated alkanes) is 3. The average molecular weight is 447 g/mol. The topological polar surface area (TPSA) is 92.7 Å². The molecule has 0 aliphatic carbocycles. The molecule has 178 valence electrons. The van der Waals surface area contributed by atoms with Crippen LogP contribution in [-0.4, -0.2) is 69.8 Å². The first-order chi connectivity index (χ1) is 15.3. The van der Waals surface area contributed by atoms with Gasteiger partial charge in [-0.1, -0.05) is 39.5 Å². The van der Waals surface area contributed by atoms with E-state index in [9.17, 15) is 14.4 Å². The van der Waals surface area contributed by atoms with Gasteiger partial charge in [0.15, 0.2) is 0 Å². The molecule has 0 N–H and O–H groups in total. The van der Waals surface area contributed by atoms with Crippen molar-refractivity contribution in [2.45, 2.75) is 85.6 Å². The van der Waals surface area contributed by atoms with Crippen LogP contribution >= 0.6 is 0 Å². The fraction of sp³-hybridized carbons (Fsp3) is 0.708. The average Bonchev–Trinajstić information content (AvgIpc) is 2.76. The Kier molecular flexibility index (Phi) is 10.1. The van der Waals surface area contributed by atoms with Gasteiger partial charge in [-0.05, 0) is 33.6 Å². The van der Waals surface area contributed by atoms with Gasteiger partial charge < -0.3 is 14.5 Å². The molecule has 32 heavy (non-hydrogen) atoms. The van der Waals surface area contributed by atoms with Crippen LogP contribution in [0.1, 0.15) is 98.6 Å². The largest absolute Gasteiger partial charge is 0.462 e. The van der Waals surface area contributed by atoms with Gasteiger partial charge in [-0.15, -0.1) is 0 Å². The van der Waals surface area contributed by atoms with E-state index < -0.39 is 5.97 Å². The number of carbonyl (C=O) groups is 3. The molecule has 0 spiro atoms. The summed E-state index contributed by atoms with van der Waals surface area (Å²) < 4.78 is 5.21. The molecule has 0 radical (unpaired) electrons. The van der Waals surface area contributed by atoms with Gasteiger partial charge in [0.2, 0.25) is 5.91 Å². The number of esters is 1. The van der Waals surface area contributed by atoms with Crippen molar-refractivity contribution in [2.75, 3.05) is 26.2 Å². The lowest BCUT2D eigenvalue weighted by molar-refractivity contribution is -0.135. The molecule has 0 bridgehead atoms. The second kappa shape index (κ2) is 12.5. The summed E-state index contributed by atoms with van der Waals surface area (Å²) in [6.45, 7) is 11.1. The van der Waals surface area contributed by atoms with Crippen molar-refractivity contribution in [3.05, 3.63) is 22.8 Å². The molecule has 1 aromatic heterocycles. The lowest BCUT2D eigenvalue weighted by atomic mass is 10.0. The number of hydrogen-bond acceptors (Lipinski definition) is 6. The summed E-state index contributed by atoms with van der Waals surface area (Å²) in [6, 6.07) is -0.0875. The Labute approximate surface area is 191 Å². The van der Waals surface area contributed by atoms with E-state index in [1.807, 2.05) is 18.7 Å². The van der Waals surface area contributed by atoms with Crippen molar-refractivity contribution in [1.29, 1.82) is 0 Å². The van der Waals surface area contributed by atoms with Gasteiger partial charge in [0.05, 0.1) is 12.3 Å². The van der Waals surface area contributed by atoms with E-state index in [-0.39, 0.29) is 35.7 Å². The van der Waals surface area contributed by atoms with Crippen LogP contribution in [0.25, 0.3) is 0 Å². The van der Waals surface area contributed by atoms with Crippen LogP contribution in [0.4, 0.5) is 0 Å². The lowest BCUT2D eigenvalue weighted by Gasteiger charge is -2.40. The molecule has 2 rings (SSSR count). The summed E-state index contributed by atoms with van der Waals surface area (Å²) in [5.41, 5.74) is 0.827. The predicted octanol–water partition coefficient (Wildman–Crippen LogP) is 3.56. The van der Waals surface area contributed by atoms with Gasteiger partial charge in [0.1, 0.15) is 17.1 Å². The van der Waals surface area contributed by atoms with Crippen LogP contribution in [0.2, 0.25) is 0 Å². The molecule has 1 saturated heterocycles.